The van der Waals surface area contributed by atoms with E-state index in [1.54, 1.807) is 59.9 Å². The number of rotatable bonds is 9. The average molecular weight is 627 g/mol. The van der Waals surface area contributed by atoms with Crippen LogP contribution in [0.15, 0.2) is 91.6 Å². The summed E-state index contributed by atoms with van der Waals surface area (Å²) in [4.78, 5) is 50.6. The van der Waals surface area contributed by atoms with Crippen molar-refractivity contribution in [2.75, 3.05) is 0 Å². The van der Waals surface area contributed by atoms with Crippen LogP contribution in [0.5, 0.6) is 0 Å². The van der Waals surface area contributed by atoms with Gasteiger partial charge in [-0.25, -0.2) is 29.6 Å². The van der Waals surface area contributed by atoms with E-state index in [1.165, 1.54) is 21.1 Å². The van der Waals surface area contributed by atoms with Crippen LogP contribution in [0, 0.1) is 6.92 Å². The number of nitrogens with one attached hydrogen (secondary N) is 3. The molecule has 0 amide bonds. The fourth-order valence-corrected chi connectivity index (χ4v) is 6.76. The normalized spacial score (nSPS) is 11.5. The number of thioether (sulfide) groups is 2. The topological polar surface area (TPSA) is 156 Å². The Morgan fingerprint density at radius 2 is 1.53 bits per heavy atom. The molecule has 3 N–H and O–H groups in total. The number of thiazole rings is 1. The smallest absolute Gasteiger partial charge is 0.274 e. The number of hydrogen-bond donors (Lipinski definition) is 3. The van der Waals surface area contributed by atoms with Gasteiger partial charge in [-0.05, 0) is 31.2 Å². The van der Waals surface area contributed by atoms with Gasteiger partial charge in [-0.3, -0.25) is 19.8 Å². The highest BCUT2D eigenvalue weighted by atomic mass is 32.2. The SMILES string of the molecule is Cc1csc(SCc2cc(=O)n(-c3ccc(-c4cnc(SCc5cc(=O)n(-c6nc7ccccc7[nH]6)[nH]5)nc4)cn3)[nH]2)n1. The maximum absolute atomic E-state index is 12.6. The first-order valence-corrected chi connectivity index (χ1v) is 15.9. The van der Waals surface area contributed by atoms with Crippen LogP contribution >= 0.6 is 34.9 Å². The Hall–Kier alpha value is -4.73. The Morgan fingerprint density at radius 1 is 0.814 bits per heavy atom. The minimum absolute atomic E-state index is 0.176. The molecule has 0 aliphatic carbocycles. The predicted octanol–water partition coefficient (Wildman–Crippen LogP) is 4.72. The van der Waals surface area contributed by atoms with E-state index in [1.807, 2.05) is 42.6 Å². The summed E-state index contributed by atoms with van der Waals surface area (Å²) >= 11 is 4.58. The molecule has 1 aromatic carbocycles. The predicted molar refractivity (Wildman–Crippen MR) is 167 cm³/mol. The van der Waals surface area contributed by atoms with Crippen molar-refractivity contribution in [2.45, 2.75) is 27.9 Å². The molecule has 0 atom stereocenters. The van der Waals surface area contributed by atoms with E-state index in [0.29, 0.717) is 28.4 Å². The molecule has 214 valence electrons. The summed E-state index contributed by atoms with van der Waals surface area (Å²) in [6.07, 6.45) is 5.14. The Bertz CT molecular complexity index is 2120. The third-order valence-electron chi connectivity index (χ3n) is 6.38. The molecule has 15 heteroatoms. The summed E-state index contributed by atoms with van der Waals surface area (Å²) in [6.45, 7) is 1.96. The molecule has 43 heavy (non-hydrogen) atoms. The zero-order chi connectivity index (χ0) is 29.3. The highest BCUT2D eigenvalue weighted by Gasteiger charge is 2.12. The molecule has 0 fully saturated rings. The molecule has 0 radical (unpaired) electrons. The van der Waals surface area contributed by atoms with E-state index in [9.17, 15) is 9.59 Å². The fourth-order valence-electron chi connectivity index (χ4n) is 4.32. The lowest BCUT2D eigenvalue weighted by atomic mass is 10.1. The summed E-state index contributed by atoms with van der Waals surface area (Å²) in [7, 11) is 0. The molecule has 0 unspecified atom stereocenters. The van der Waals surface area contributed by atoms with E-state index >= 15 is 0 Å². The second-order valence-corrected chi connectivity index (χ2v) is 12.5. The van der Waals surface area contributed by atoms with Gasteiger partial charge in [-0.1, -0.05) is 35.7 Å². The number of para-hydroxylation sites is 2. The van der Waals surface area contributed by atoms with Crippen LogP contribution in [0.4, 0.5) is 0 Å². The average Bonchev–Trinajstić information content (AvgIpc) is 3.81. The van der Waals surface area contributed by atoms with Gasteiger partial charge in [0.15, 0.2) is 11.0 Å². The summed E-state index contributed by atoms with van der Waals surface area (Å²) < 4.78 is 3.78. The standard InChI is InChI=1S/C28H22N10O2S3/c1-16-13-42-28(32-16)43-15-20-8-24(39)37(35-20)23-7-6-17(10-29-23)18-11-30-27(31-12-18)41-14-19-9-25(40)38(36-19)26-33-21-4-2-3-5-22(21)34-26/h2-13,35-36H,14-15H2,1H3,(H,33,34). The molecular weight excluding hydrogens is 605 g/mol. The van der Waals surface area contributed by atoms with Crippen molar-refractivity contribution in [2.24, 2.45) is 0 Å². The van der Waals surface area contributed by atoms with E-state index in [-0.39, 0.29) is 11.1 Å². The largest absolute Gasteiger partial charge is 0.322 e. The van der Waals surface area contributed by atoms with Crippen LogP contribution in [0.1, 0.15) is 17.1 Å². The highest BCUT2D eigenvalue weighted by molar-refractivity contribution is 8.00. The lowest BCUT2D eigenvalue weighted by Crippen LogP contribution is -2.14. The Morgan fingerprint density at radius 3 is 2.26 bits per heavy atom. The van der Waals surface area contributed by atoms with Gasteiger partial charge in [0.2, 0.25) is 5.95 Å². The van der Waals surface area contributed by atoms with Gasteiger partial charge in [0, 0.05) is 75.8 Å². The highest BCUT2D eigenvalue weighted by Crippen LogP contribution is 2.25. The van der Waals surface area contributed by atoms with Gasteiger partial charge >= 0.3 is 0 Å². The van der Waals surface area contributed by atoms with Gasteiger partial charge in [0.1, 0.15) is 4.34 Å². The second kappa shape index (κ2) is 11.5. The van der Waals surface area contributed by atoms with Crippen molar-refractivity contribution in [3.8, 4) is 22.9 Å². The minimum Gasteiger partial charge on any atom is -0.322 e. The zero-order valence-electron chi connectivity index (χ0n) is 22.5. The Balaban J connectivity index is 0.987. The van der Waals surface area contributed by atoms with Crippen molar-refractivity contribution >= 4 is 45.9 Å². The Labute approximate surface area is 255 Å². The number of pyridine rings is 1. The van der Waals surface area contributed by atoms with Gasteiger partial charge in [0.05, 0.1) is 11.0 Å². The molecule has 6 heterocycles. The van der Waals surface area contributed by atoms with E-state index in [2.05, 4.69) is 40.1 Å². The molecule has 7 rings (SSSR count). The molecule has 0 saturated carbocycles. The molecule has 7 aromatic rings. The molecule has 0 bridgehead atoms. The maximum Gasteiger partial charge on any atom is 0.274 e. The lowest BCUT2D eigenvalue weighted by Gasteiger charge is -2.05. The van der Waals surface area contributed by atoms with Crippen LogP contribution in [-0.2, 0) is 11.5 Å². The van der Waals surface area contributed by atoms with Crippen molar-refractivity contribution in [1.82, 2.24) is 49.5 Å². The Kier molecular flexibility index (Phi) is 7.26. The monoisotopic (exact) mass is 626 g/mol. The maximum atomic E-state index is 12.6. The number of nitrogens with zero attached hydrogens (tertiary/aromatic N) is 7. The molecule has 0 aliphatic rings. The quantitative estimate of drug-likeness (QED) is 0.152. The molecule has 0 saturated heterocycles. The first kappa shape index (κ1) is 27.1. The number of benzene rings is 1. The minimum atomic E-state index is -0.204. The van der Waals surface area contributed by atoms with Crippen molar-refractivity contribution < 1.29 is 0 Å². The summed E-state index contributed by atoms with van der Waals surface area (Å²) in [5, 5.41) is 8.81. The number of aromatic amines is 3. The third-order valence-corrected chi connectivity index (χ3v) is 9.49. The van der Waals surface area contributed by atoms with Crippen LogP contribution < -0.4 is 11.1 Å². The second-order valence-electron chi connectivity index (χ2n) is 9.48. The van der Waals surface area contributed by atoms with E-state index < -0.39 is 0 Å². The van der Waals surface area contributed by atoms with E-state index in [4.69, 9.17) is 0 Å². The number of H-pyrrole nitrogens is 3. The molecule has 6 aromatic heterocycles. The van der Waals surface area contributed by atoms with Crippen LogP contribution in [-0.4, -0.2) is 49.5 Å². The number of imidazole rings is 1. The molecule has 0 aliphatic heterocycles. The first-order chi connectivity index (χ1) is 21.0. The van der Waals surface area contributed by atoms with Gasteiger partial charge in [-0.2, -0.15) is 4.68 Å². The molecular formula is C28H22N10O2S3. The van der Waals surface area contributed by atoms with Gasteiger partial charge in [0.25, 0.3) is 11.1 Å². The number of fused-ring (bicyclic) bond motifs is 1. The molecule has 12 nitrogen and oxygen atoms in total. The van der Waals surface area contributed by atoms with Crippen molar-refractivity contribution in [3.63, 3.8) is 0 Å². The van der Waals surface area contributed by atoms with Crippen LogP contribution in [0.3, 0.4) is 0 Å². The van der Waals surface area contributed by atoms with Crippen LogP contribution in [0.2, 0.25) is 0 Å². The number of hydrogen-bond acceptors (Lipinski definition) is 10. The lowest BCUT2D eigenvalue weighted by molar-refractivity contribution is 0.789. The van der Waals surface area contributed by atoms with Crippen molar-refractivity contribution in [3.05, 3.63) is 110 Å². The van der Waals surface area contributed by atoms with Gasteiger partial charge in [-0.15, -0.1) is 11.3 Å². The van der Waals surface area contributed by atoms with E-state index in [0.717, 1.165) is 43.6 Å². The first-order valence-electron chi connectivity index (χ1n) is 13.0. The summed E-state index contributed by atoms with van der Waals surface area (Å²) in [6, 6.07) is 14.4. The molecule has 0 spiro atoms. The zero-order valence-corrected chi connectivity index (χ0v) is 25.0. The number of aromatic nitrogens is 10. The van der Waals surface area contributed by atoms with Gasteiger partial charge < -0.3 is 4.98 Å². The summed E-state index contributed by atoms with van der Waals surface area (Å²) in [5.74, 6) is 2.02. The van der Waals surface area contributed by atoms with Crippen molar-refractivity contribution in [1.29, 1.82) is 0 Å². The number of aryl methyl sites for hydroxylation is 1. The fraction of sp³-hybridized carbons (Fsp3) is 0.107. The summed E-state index contributed by atoms with van der Waals surface area (Å²) in [5.41, 5.74) is 5.39. The van der Waals surface area contributed by atoms with Crippen LogP contribution in [0.25, 0.3) is 33.9 Å². The third kappa shape index (κ3) is 5.82.